The van der Waals surface area contributed by atoms with Crippen LogP contribution >= 0.6 is 0 Å². The second-order valence-corrected chi connectivity index (χ2v) is 4.39. The van der Waals surface area contributed by atoms with Crippen LogP contribution in [-0.2, 0) is 9.59 Å². The van der Waals surface area contributed by atoms with Gasteiger partial charge in [0.15, 0.2) is 0 Å². The van der Waals surface area contributed by atoms with Crippen molar-refractivity contribution in [1.29, 1.82) is 0 Å². The highest BCUT2D eigenvalue weighted by molar-refractivity contribution is 5.79. The van der Waals surface area contributed by atoms with Crippen molar-refractivity contribution in [3.8, 4) is 0 Å². The topological polar surface area (TPSA) is 66.4 Å². The van der Waals surface area contributed by atoms with Gasteiger partial charge in [-0.15, -0.1) is 0 Å². The molecule has 0 aliphatic heterocycles. The molecule has 1 atom stereocenters. The van der Waals surface area contributed by atoms with Crippen LogP contribution in [0.1, 0.15) is 58.8 Å². The van der Waals surface area contributed by atoms with E-state index in [1.165, 1.54) is 19.3 Å². The highest BCUT2D eigenvalue weighted by Gasteiger charge is 2.15. The van der Waals surface area contributed by atoms with Crippen molar-refractivity contribution in [2.24, 2.45) is 5.92 Å². The van der Waals surface area contributed by atoms with E-state index in [0.717, 1.165) is 19.3 Å². The van der Waals surface area contributed by atoms with Crippen molar-refractivity contribution in [3.63, 3.8) is 0 Å². The summed E-state index contributed by atoms with van der Waals surface area (Å²) in [6, 6.07) is 0. The lowest BCUT2D eigenvalue weighted by molar-refractivity contribution is -0.137. The Bertz CT molecular complexity index is 229. The molecule has 0 aromatic rings. The first-order chi connectivity index (χ1) is 8.11. The molecule has 0 aliphatic carbocycles. The van der Waals surface area contributed by atoms with Crippen molar-refractivity contribution in [2.45, 2.75) is 58.8 Å². The van der Waals surface area contributed by atoms with Gasteiger partial charge in [0.25, 0.3) is 0 Å². The lowest BCUT2D eigenvalue weighted by atomic mass is 9.97. The van der Waals surface area contributed by atoms with E-state index in [1.54, 1.807) is 0 Å². The van der Waals surface area contributed by atoms with Gasteiger partial charge in [0.2, 0.25) is 5.91 Å². The number of hydrogen-bond acceptors (Lipinski definition) is 2. The van der Waals surface area contributed by atoms with Gasteiger partial charge < -0.3 is 10.4 Å². The number of unbranched alkanes of at least 4 members (excludes halogenated alkanes) is 3. The Morgan fingerprint density at radius 3 is 2.41 bits per heavy atom. The number of rotatable bonds is 10. The Balaban J connectivity index is 3.75. The van der Waals surface area contributed by atoms with Crippen molar-refractivity contribution in [1.82, 2.24) is 5.32 Å². The van der Waals surface area contributed by atoms with Crippen LogP contribution in [-0.4, -0.2) is 23.5 Å². The van der Waals surface area contributed by atoms with Crippen LogP contribution in [0.3, 0.4) is 0 Å². The van der Waals surface area contributed by atoms with Gasteiger partial charge in [-0.1, -0.05) is 39.5 Å². The number of carbonyl (C=O) groups excluding carboxylic acids is 1. The molecule has 17 heavy (non-hydrogen) atoms. The number of carboxylic acid groups (broad SMARTS) is 1. The molecule has 4 nitrogen and oxygen atoms in total. The maximum atomic E-state index is 11.7. The summed E-state index contributed by atoms with van der Waals surface area (Å²) in [5, 5.41) is 11.2. The third kappa shape index (κ3) is 8.72. The van der Waals surface area contributed by atoms with Gasteiger partial charge in [-0.3, -0.25) is 9.59 Å². The van der Waals surface area contributed by atoms with Crippen molar-refractivity contribution >= 4 is 11.9 Å². The van der Waals surface area contributed by atoms with E-state index < -0.39 is 5.97 Å². The molecule has 2 N–H and O–H groups in total. The van der Waals surface area contributed by atoms with Gasteiger partial charge in [-0.2, -0.15) is 0 Å². The summed E-state index contributed by atoms with van der Waals surface area (Å²) in [5.41, 5.74) is 0. The molecular formula is C13H25NO3. The van der Waals surface area contributed by atoms with E-state index in [2.05, 4.69) is 12.2 Å². The molecular weight excluding hydrogens is 218 g/mol. The summed E-state index contributed by atoms with van der Waals surface area (Å²) >= 11 is 0. The summed E-state index contributed by atoms with van der Waals surface area (Å²) in [7, 11) is 0. The van der Waals surface area contributed by atoms with Gasteiger partial charge in [-0.25, -0.2) is 0 Å². The largest absolute Gasteiger partial charge is 0.481 e. The standard InChI is InChI=1S/C13H25NO3/c1-3-5-6-7-8-11(4-2)13(17)14-10-9-12(15)16/h11H,3-10H2,1-2H3,(H,14,17)(H,15,16). The Kier molecular flexibility index (Phi) is 9.49. The molecule has 0 saturated carbocycles. The zero-order chi connectivity index (χ0) is 13.1. The number of carboxylic acids is 1. The van der Waals surface area contributed by atoms with Gasteiger partial charge in [0.05, 0.1) is 6.42 Å². The summed E-state index contributed by atoms with van der Waals surface area (Å²) in [6.45, 7) is 4.40. The Hall–Kier alpha value is -1.06. The number of nitrogens with one attached hydrogen (secondary N) is 1. The van der Waals surface area contributed by atoms with Gasteiger partial charge >= 0.3 is 5.97 Å². The summed E-state index contributed by atoms with van der Waals surface area (Å²) in [5.74, 6) is -0.827. The van der Waals surface area contributed by atoms with E-state index in [4.69, 9.17) is 5.11 Å². The third-order valence-corrected chi connectivity index (χ3v) is 2.91. The summed E-state index contributed by atoms with van der Waals surface area (Å²) in [4.78, 5) is 22.0. The normalized spacial score (nSPS) is 12.1. The lowest BCUT2D eigenvalue weighted by Gasteiger charge is -2.14. The number of hydrogen-bond donors (Lipinski definition) is 2. The molecule has 100 valence electrons. The van der Waals surface area contributed by atoms with E-state index >= 15 is 0 Å². The summed E-state index contributed by atoms with van der Waals surface area (Å²) < 4.78 is 0. The fourth-order valence-corrected chi connectivity index (χ4v) is 1.78. The van der Waals surface area contributed by atoms with E-state index in [0.29, 0.717) is 0 Å². The predicted molar refractivity (Wildman–Crippen MR) is 67.8 cm³/mol. The van der Waals surface area contributed by atoms with Crippen LogP contribution in [0.4, 0.5) is 0 Å². The highest BCUT2D eigenvalue weighted by atomic mass is 16.4. The molecule has 4 heteroatoms. The van der Waals surface area contributed by atoms with Crippen LogP contribution in [0.2, 0.25) is 0 Å². The minimum Gasteiger partial charge on any atom is -0.481 e. The first-order valence-corrected chi connectivity index (χ1v) is 6.61. The van der Waals surface area contributed by atoms with Crippen LogP contribution in [0.15, 0.2) is 0 Å². The van der Waals surface area contributed by atoms with Gasteiger partial charge in [-0.05, 0) is 12.8 Å². The van der Waals surface area contributed by atoms with Crippen LogP contribution in [0.25, 0.3) is 0 Å². The van der Waals surface area contributed by atoms with Crippen LogP contribution in [0.5, 0.6) is 0 Å². The first kappa shape index (κ1) is 15.9. The lowest BCUT2D eigenvalue weighted by Crippen LogP contribution is -2.32. The Labute approximate surface area is 104 Å². The smallest absolute Gasteiger partial charge is 0.305 e. The molecule has 0 saturated heterocycles. The van der Waals surface area contributed by atoms with Crippen molar-refractivity contribution in [2.75, 3.05) is 6.54 Å². The molecule has 0 heterocycles. The number of amides is 1. The fourth-order valence-electron chi connectivity index (χ4n) is 1.78. The first-order valence-electron chi connectivity index (χ1n) is 6.61. The number of carbonyl (C=O) groups is 2. The second kappa shape index (κ2) is 10.1. The van der Waals surface area contributed by atoms with Gasteiger partial charge in [0, 0.05) is 12.5 Å². The van der Waals surface area contributed by atoms with E-state index in [-0.39, 0.29) is 24.8 Å². The fraction of sp³-hybridized carbons (Fsp3) is 0.846. The monoisotopic (exact) mass is 243 g/mol. The quantitative estimate of drug-likeness (QED) is 0.579. The highest BCUT2D eigenvalue weighted by Crippen LogP contribution is 2.14. The van der Waals surface area contributed by atoms with Crippen LogP contribution in [0, 0.1) is 5.92 Å². The molecule has 0 radical (unpaired) electrons. The SMILES string of the molecule is CCCCCCC(CC)C(=O)NCCC(=O)O. The molecule has 0 bridgehead atoms. The number of aliphatic carboxylic acids is 1. The molecule has 0 rings (SSSR count). The van der Waals surface area contributed by atoms with Crippen LogP contribution < -0.4 is 5.32 Å². The zero-order valence-corrected chi connectivity index (χ0v) is 11.0. The molecule has 0 spiro atoms. The zero-order valence-electron chi connectivity index (χ0n) is 11.0. The Morgan fingerprint density at radius 2 is 1.88 bits per heavy atom. The Morgan fingerprint density at radius 1 is 1.18 bits per heavy atom. The average molecular weight is 243 g/mol. The predicted octanol–water partition coefficient (Wildman–Crippen LogP) is 2.57. The molecule has 0 fully saturated rings. The summed E-state index contributed by atoms with van der Waals surface area (Å²) in [6.07, 6.45) is 6.41. The molecule has 1 unspecified atom stereocenters. The molecule has 0 aliphatic rings. The molecule has 0 aromatic heterocycles. The van der Waals surface area contributed by atoms with Crippen molar-refractivity contribution < 1.29 is 14.7 Å². The van der Waals surface area contributed by atoms with E-state index in [1.807, 2.05) is 6.92 Å². The minimum atomic E-state index is -0.874. The molecule has 1 amide bonds. The third-order valence-electron chi connectivity index (χ3n) is 2.91. The minimum absolute atomic E-state index is 0.00198. The van der Waals surface area contributed by atoms with Crippen molar-refractivity contribution in [3.05, 3.63) is 0 Å². The molecule has 0 aromatic carbocycles. The van der Waals surface area contributed by atoms with E-state index in [9.17, 15) is 9.59 Å². The van der Waals surface area contributed by atoms with Gasteiger partial charge in [0.1, 0.15) is 0 Å². The maximum Gasteiger partial charge on any atom is 0.305 e. The second-order valence-electron chi connectivity index (χ2n) is 4.39. The average Bonchev–Trinajstić information content (AvgIpc) is 2.28. The maximum absolute atomic E-state index is 11.7.